The molecule has 0 aliphatic rings. The van der Waals surface area contributed by atoms with Crippen molar-refractivity contribution in [3.63, 3.8) is 0 Å². The first-order chi connectivity index (χ1) is 13.5. The van der Waals surface area contributed by atoms with Gasteiger partial charge in [0.05, 0.1) is 6.54 Å². The van der Waals surface area contributed by atoms with E-state index in [2.05, 4.69) is 31.4 Å². The minimum Gasteiger partial charge on any atom is -0.345 e. The summed E-state index contributed by atoms with van der Waals surface area (Å²) in [4.78, 5) is 14.8. The van der Waals surface area contributed by atoms with Crippen LogP contribution < -0.4 is 0 Å². The average molecular weight is 387 g/mol. The van der Waals surface area contributed by atoms with Crippen molar-refractivity contribution in [2.24, 2.45) is 5.92 Å². The summed E-state index contributed by atoms with van der Waals surface area (Å²) in [6.07, 6.45) is 8.41. The number of hydrogen-bond acceptors (Lipinski definition) is 1. The maximum Gasteiger partial charge on any atom is 0.222 e. The maximum absolute atomic E-state index is 13.5. The van der Waals surface area contributed by atoms with Gasteiger partial charge in [0.2, 0.25) is 5.91 Å². The van der Waals surface area contributed by atoms with Gasteiger partial charge < -0.3 is 9.47 Å². The largest absolute Gasteiger partial charge is 0.345 e. The summed E-state index contributed by atoms with van der Waals surface area (Å²) in [5.74, 6) is 0.449. The van der Waals surface area contributed by atoms with E-state index >= 15 is 0 Å². The Morgan fingerprint density at radius 3 is 2.61 bits per heavy atom. The lowest BCUT2D eigenvalue weighted by atomic mass is 10.1. The molecule has 3 nitrogen and oxygen atoms in total. The smallest absolute Gasteiger partial charge is 0.222 e. The van der Waals surface area contributed by atoms with Crippen LogP contribution in [0.5, 0.6) is 0 Å². The van der Waals surface area contributed by atoms with Crippen molar-refractivity contribution in [1.82, 2.24) is 9.47 Å². The molecule has 0 saturated heterocycles. The van der Waals surface area contributed by atoms with Gasteiger partial charge in [-0.05, 0) is 42.2 Å². The zero-order valence-electron chi connectivity index (χ0n) is 17.7. The number of halogens is 1. The third kappa shape index (κ3) is 7.49. The number of carbonyl (C=O) groups is 1. The SMILES string of the molecule is CCCCCCCC(=O)N(Cc1cccn1Cc1cccc(F)c1)CC(C)C. The fourth-order valence-electron chi connectivity index (χ4n) is 3.51. The zero-order valence-corrected chi connectivity index (χ0v) is 17.7. The molecule has 1 amide bonds. The number of unbranched alkanes of at least 4 members (excludes halogenated alkanes) is 4. The Hall–Kier alpha value is -2.10. The van der Waals surface area contributed by atoms with Crippen molar-refractivity contribution in [1.29, 1.82) is 0 Å². The summed E-state index contributed by atoms with van der Waals surface area (Å²) < 4.78 is 15.6. The molecule has 28 heavy (non-hydrogen) atoms. The summed E-state index contributed by atoms with van der Waals surface area (Å²) in [5.41, 5.74) is 2.01. The number of nitrogens with zero attached hydrogens (tertiary/aromatic N) is 2. The van der Waals surface area contributed by atoms with E-state index in [1.165, 1.54) is 25.3 Å². The van der Waals surface area contributed by atoms with Gasteiger partial charge in [0.15, 0.2) is 0 Å². The lowest BCUT2D eigenvalue weighted by Crippen LogP contribution is -2.34. The van der Waals surface area contributed by atoms with Gasteiger partial charge in [0, 0.05) is 31.4 Å². The fraction of sp³-hybridized carbons (Fsp3) is 0.542. The van der Waals surface area contributed by atoms with Crippen LogP contribution in [-0.4, -0.2) is 21.9 Å². The van der Waals surface area contributed by atoms with Crippen LogP contribution in [0, 0.1) is 11.7 Å². The highest BCUT2D eigenvalue weighted by molar-refractivity contribution is 5.76. The Labute approximate surface area is 169 Å². The molecule has 0 aliphatic carbocycles. The minimum absolute atomic E-state index is 0.217. The van der Waals surface area contributed by atoms with Crippen molar-refractivity contribution >= 4 is 5.91 Å². The van der Waals surface area contributed by atoms with E-state index in [0.29, 0.717) is 25.4 Å². The number of amides is 1. The Morgan fingerprint density at radius 1 is 1.11 bits per heavy atom. The minimum atomic E-state index is -0.217. The molecule has 1 aromatic carbocycles. The van der Waals surface area contributed by atoms with Crippen LogP contribution in [0.25, 0.3) is 0 Å². The van der Waals surface area contributed by atoms with Crippen LogP contribution in [0.4, 0.5) is 4.39 Å². The van der Waals surface area contributed by atoms with Gasteiger partial charge in [0.1, 0.15) is 5.82 Å². The molecule has 0 bridgehead atoms. The summed E-state index contributed by atoms with van der Waals surface area (Å²) in [6, 6.07) is 10.8. The van der Waals surface area contributed by atoms with Crippen molar-refractivity contribution < 1.29 is 9.18 Å². The molecule has 0 saturated carbocycles. The molecule has 0 spiro atoms. The number of carbonyl (C=O) groups excluding carboxylic acids is 1. The second kappa shape index (κ2) is 11.7. The molecule has 2 rings (SSSR count). The molecule has 0 fully saturated rings. The predicted octanol–water partition coefficient (Wildman–Crippen LogP) is 6.02. The van der Waals surface area contributed by atoms with Gasteiger partial charge in [-0.15, -0.1) is 0 Å². The molecule has 0 atom stereocenters. The highest BCUT2D eigenvalue weighted by atomic mass is 19.1. The second-order valence-electron chi connectivity index (χ2n) is 8.09. The van der Waals surface area contributed by atoms with Crippen molar-refractivity contribution in [3.05, 3.63) is 59.7 Å². The van der Waals surface area contributed by atoms with Crippen LogP contribution in [0.2, 0.25) is 0 Å². The quantitative estimate of drug-likeness (QED) is 0.409. The van der Waals surface area contributed by atoms with Gasteiger partial charge in [-0.25, -0.2) is 4.39 Å². The molecular weight excluding hydrogens is 351 g/mol. The number of hydrogen-bond donors (Lipinski definition) is 0. The molecule has 154 valence electrons. The molecule has 0 radical (unpaired) electrons. The first-order valence-electron chi connectivity index (χ1n) is 10.7. The molecule has 1 heterocycles. The molecule has 0 unspecified atom stereocenters. The molecule has 4 heteroatoms. The van der Waals surface area contributed by atoms with E-state index in [1.54, 1.807) is 12.1 Å². The number of benzene rings is 1. The first kappa shape index (κ1) is 22.2. The summed E-state index contributed by atoms with van der Waals surface area (Å²) >= 11 is 0. The standard InChI is InChI=1S/C24H35FN2O/c1-4-5-6-7-8-14-24(28)27(17-20(2)3)19-23-13-10-15-26(23)18-21-11-9-12-22(25)16-21/h9-13,15-16,20H,4-8,14,17-19H2,1-3H3. The monoisotopic (exact) mass is 386 g/mol. The average Bonchev–Trinajstić information content (AvgIpc) is 3.07. The van der Waals surface area contributed by atoms with E-state index in [0.717, 1.165) is 30.6 Å². The second-order valence-corrected chi connectivity index (χ2v) is 8.09. The molecule has 0 N–H and O–H groups in total. The van der Waals surface area contributed by atoms with Gasteiger partial charge >= 0.3 is 0 Å². The highest BCUT2D eigenvalue weighted by Gasteiger charge is 2.17. The predicted molar refractivity (Wildman–Crippen MR) is 114 cm³/mol. The topological polar surface area (TPSA) is 25.2 Å². The van der Waals surface area contributed by atoms with Gasteiger partial charge in [-0.3, -0.25) is 4.79 Å². The van der Waals surface area contributed by atoms with Gasteiger partial charge in [-0.1, -0.05) is 58.6 Å². The summed E-state index contributed by atoms with van der Waals surface area (Å²) in [6.45, 7) is 8.48. The lowest BCUT2D eigenvalue weighted by Gasteiger charge is -2.25. The third-order valence-corrected chi connectivity index (χ3v) is 4.95. The van der Waals surface area contributed by atoms with E-state index in [4.69, 9.17) is 0 Å². The Morgan fingerprint density at radius 2 is 1.89 bits per heavy atom. The van der Waals surface area contributed by atoms with Gasteiger partial charge in [0.25, 0.3) is 0 Å². The molecule has 0 aliphatic heterocycles. The summed E-state index contributed by atoms with van der Waals surface area (Å²) in [5, 5.41) is 0. The van der Waals surface area contributed by atoms with Crippen LogP contribution >= 0.6 is 0 Å². The first-order valence-corrected chi connectivity index (χ1v) is 10.7. The summed E-state index contributed by atoms with van der Waals surface area (Å²) in [7, 11) is 0. The highest BCUT2D eigenvalue weighted by Crippen LogP contribution is 2.15. The van der Waals surface area contributed by atoms with Crippen molar-refractivity contribution in [2.75, 3.05) is 6.54 Å². The Balaban J connectivity index is 2.00. The molecule has 2 aromatic rings. The van der Waals surface area contributed by atoms with Gasteiger partial charge in [-0.2, -0.15) is 0 Å². The maximum atomic E-state index is 13.5. The lowest BCUT2D eigenvalue weighted by molar-refractivity contribution is -0.132. The Kier molecular flexibility index (Phi) is 9.26. The molecular formula is C24H35FN2O. The van der Waals surface area contributed by atoms with Crippen LogP contribution in [0.15, 0.2) is 42.6 Å². The third-order valence-electron chi connectivity index (χ3n) is 4.95. The zero-order chi connectivity index (χ0) is 20.4. The van der Waals surface area contributed by atoms with Crippen LogP contribution in [0.1, 0.15) is 70.6 Å². The van der Waals surface area contributed by atoms with E-state index < -0.39 is 0 Å². The van der Waals surface area contributed by atoms with E-state index in [1.807, 2.05) is 23.2 Å². The Bertz CT molecular complexity index is 723. The number of aromatic nitrogens is 1. The molecule has 1 aromatic heterocycles. The van der Waals surface area contributed by atoms with E-state index in [9.17, 15) is 9.18 Å². The fourth-order valence-corrected chi connectivity index (χ4v) is 3.51. The van der Waals surface area contributed by atoms with Crippen LogP contribution in [0.3, 0.4) is 0 Å². The van der Waals surface area contributed by atoms with E-state index in [-0.39, 0.29) is 11.7 Å². The van der Waals surface area contributed by atoms with Crippen molar-refractivity contribution in [3.8, 4) is 0 Å². The van der Waals surface area contributed by atoms with Crippen LogP contribution in [-0.2, 0) is 17.9 Å². The normalized spacial score (nSPS) is 11.2. The van der Waals surface area contributed by atoms with Crippen molar-refractivity contribution in [2.45, 2.75) is 72.4 Å². The number of rotatable bonds is 12.